The van der Waals surface area contributed by atoms with E-state index in [1.54, 1.807) is 46.2 Å². The van der Waals surface area contributed by atoms with E-state index in [4.69, 9.17) is 11.6 Å². The van der Waals surface area contributed by atoms with E-state index >= 15 is 0 Å². The smallest absolute Gasteiger partial charge is 0.278 e. The fraction of sp³-hybridized carbons (Fsp3) is 0.118. The lowest BCUT2D eigenvalue weighted by molar-refractivity contribution is 0.102. The van der Waals surface area contributed by atoms with Gasteiger partial charge in [0.2, 0.25) is 5.95 Å². The van der Waals surface area contributed by atoms with E-state index in [2.05, 4.69) is 25.6 Å². The van der Waals surface area contributed by atoms with Gasteiger partial charge in [-0.05, 0) is 24.3 Å². The molecule has 11 heteroatoms. The molecular weight excluding hydrogens is 387 g/mol. The Kier molecular flexibility index (Phi) is 4.85. The zero-order chi connectivity index (χ0) is 19.5. The molecular formula is C17H14ClFN8O. The zero-order valence-electron chi connectivity index (χ0n) is 14.4. The van der Waals surface area contributed by atoms with Crippen LogP contribution in [0.2, 0.25) is 5.02 Å². The Labute approximate surface area is 163 Å². The van der Waals surface area contributed by atoms with Gasteiger partial charge in [-0.2, -0.15) is 10.2 Å². The number of halogens is 2. The zero-order valence-corrected chi connectivity index (χ0v) is 15.2. The second kappa shape index (κ2) is 7.61. The highest BCUT2D eigenvalue weighted by atomic mass is 35.5. The summed E-state index contributed by atoms with van der Waals surface area (Å²) in [4.78, 5) is 16.3. The topological polar surface area (TPSA) is 95.5 Å². The van der Waals surface area contributed by atoms with Crippen LogP contribution in [0.25, 0.3) is 0 Å². The molecule has 0 aliphatic heterocycles. The van der Waals surface area contributed by atoms with Gasteiger partial charge in [-0.15, -0.1) is 5.10 Å². The molecule has 0 fully saturated rings. The van der Waals surface area contributed by atoms with Crippen molar-refractivity contribution in [1.82, 2.24) is 34.3 Å². The Morgan fingerprint density at radius 2 is 2.00 bits per heavy atom. The van der Waals surface area contributed by atoms with Crippen LogP contribution in [0.15, 0.2) is 55.2 Å². The third-order valence-corrected chi connectivity index (χ3v) is 4.22. The van der Waals surface area contributed by atoms with Gasteiger partial charge in [-0.3, -0.25) is 19.5 Å². The third-order valence-electron chi connectivity index (χ3n) is 3.87. The van der Waals surface area contributed by atoms with Crippen molar-refractivity contribution < 1.29 is 9.18 Å². The molecule has 142 valence electrons. The van der Waals surface area contributed by atoms with E-state index in [-0.39, 0.29) is 18.2 Å². The van der Waals surface area contributed by atoms with Gasteiger partial charge in [-0.1, -0.05) is 17.7 Å². The molecule has 4 aromatic rings. The number of carbonyl (C=O) groups excluding carboxylic acids is 1. The lowest BCUT2D eigenvalue weighted by Crippen LogP contribution is -2.16. The summed E-state index contributed by atoms with van der Waals surface area (Å²) >= 11 is 6.02. The molecule has 0 unspecified atom stereocenters. The molecule has 0 aliphatic rings. The highest BCUT2D eigenvalue weighted by molar-refractivity contribution is 6.31. The minimum atomic E-state index is -0.458. The fourth-order valence-electron chi connectivity index (χ4n) is 2.53. The highest BCUT2D eigenvalue weighted by Crippen LogP contribution is 2.19. The Bertz CT molecular complexity index is 1080. The van der Waals surface area contributed by atoms with Gasteiger partial charge in [0, 0.05) is 29.2 Å². The number of hydrogen-bond acceptors (Lipinski definition) is 5. The van der Waals surface area contributed by atoms with Crippen LogP contribution in [0.4, 0.5) is 10.3 Å². The monoisotopic (exact) mass is 400 g/mol. The summed E-state index contributed by atoms with van der Waals surface area (Å²) in [5.74, 6) is -0.809. The Hall–Kier alpha value is -3.53. The van der Waals surface area contributed by atoms with E-state index in [1.165, 1.54) is 23.1 Å². The maximum atomic E-state index is 13.9. The lowest BCUT2D eigenvalue weighted by Gasteiger charge is -2.05. The van der Waals surface area contributed by atoms with Crippen LogP contribution in [0.3, 0.4) is 0 Å². The van der Waals surface area contributed by atoms with Crippen LogP contribution in [0.1, 0.15) is 16.1 Å². The van der Waals surface area contributed by atoms with Crippen molar-refractivity contribution in [2.45, 2.75) is 13.2 Å². The second-order valence-corrected chi connectivity index (χ2v) is 6.25. The van der Waals surface area contributed by atoms with E-state index < -0.39 is 11.7 Å². The predicted molar refractivity (Wildman–Crippen MR) is 98.3 cm³/mol. The maximum absolute atomic E-state index is 13.9. The largest absolute Gasteiger partial charge is 0.288 e. The number of rotatable bonds is 6. The van der Waals surface area contributed by atoms with Crippen molar-refractivity contribution in [2.75, 3.05) is 5.32 Å². The van der Waals surface area contributed by atoms with Crippen LogP contribution in [0, 0.1) is 5.82 Å². The highest BCUT2D eigenvalue weighted by Gasteiger charge is 2.14. The van der Waals surface area contributed by atoms with Gasteiger partial charge in [0.05, 0.1) is 6.54 Å². The third kappa shape index (κ3) is 3.91. The van der Waals surface area contributed by atoms with Crippen molar-refractivity contribution >= 4 is 23.5 Å². The molecule has 0 radical (unpaired) electrons. The molecule has 0 saturated heterocycles. The van der Waals surface area contributed by atoms with Gasteiger partial charge in [0.15, 0.2) is 5.69 Å². The van der Waals surface area contributed by atoms with Crippen LogP contribution < -0.4 is 5.32 Å². The standard InChI is InChI=1S/C17H14ClFN8O/c18-13-3-1-4-14(19)12(13)9-27-10-20-17(24-27)22-16(28)15-5-8-26(23-15)11-25-7-2-6-21-25/h1-8,10H,9,11H2,(H,22,24,28). The molecule has 0 atom stereocenters. The molecule has 0 spiro atoms. The molecule has 4 rings (SSSR count). The molecule has 1 amide bonds. The Morgan fingerprint density at radius 1 is 1.11 bits per heavy atom. The lowest BCUT2D eigenvalue weighted by atomic mass is 10.2. The first-order chi connectivity index (χ1) is 13.6. The summed E-state index contributed by atoms with van der Waals surface area (Å²) in [5, 5.41) is 15.2. The molecule has 3 aromatic heterocycles. The van der Waals surface area contributed by atoms with Crippen molar-refractivity contribution in [2.24, 2.45) is 0 Å². The summed E-state index contributed by atoms with van der Waals surface area (Å²) < 4.78 is 18.5. The summed E-state index contributed by atoms with van der Waals surface area (Å²) in [7, 11) is 0. The number of nitrogens with one attached hydrogen (secondary N) is 1. The molecule has 9 nitrogen and oxygen atoms in total. The van der Waals surface area contributed by atoms with Gasteiger partial charge in [0.25, 0.3) is 5.91 Å². The summed E-state index contributed by atoms with van der Waals surface area (Å²) in [6, 6.07) is 7.82. The van der Waals surface area contributed by atoms with Gasteiger partial charge in [-0.25, -0.2) is 14.1 Å². The number of carbonyl (C=O) groups is 1. The Balaban J connectivity index is 1.41. The quantitative estimate of drug-likeness (QED) is 0.535. The van der Waals surface area contributed by atoms with Crippen LogP contribution in [-0.4, -0.2) is 40.2 Å². The SMILES string of the molecule is O=C(Nc1ncn(Cc2c(F)cccc2Cl)n1)c1ccn(Cn2cccn2)n1. The molecule has 1 N–H and O–H groups in total. The second-order valence-electron chi connectivity index (χ2n) is 5.85. The number of hydrogen-bond donors (Lipinski definition) is 1. The van der Waals surface area contributed by atoms with Crippen LogP contribution >= 0.6 is 11.6 Å². The molecule has 0 saturated carbocycles. The van der Waals surface area contributed by atoms with Gasteiger partial charge in [0.1, 0.15) is 18.8 Å². The van der Waals surface area contributed by atoms with Crippen LogP contribution in [0.5, 0.6) is 0 Å². The van der Waals surface area contributed by atoms with E-state index in [0.29, 0.717) is 17.3 Å². The van der Waals surface area contributed by atoms with Gasteiger partial charge < -0.3 is 0 Å². The first-order valence-corrected chi connectivity index (χ1v) is 8.61. The number of benzene rings is 1. The molecule has 0 aliphatic carbocycles. The summed E-state index contributed by atoms with van der Waals surface area (Å²) in [6.07, 6.45) is 6.50. The fourth-order valence-corrected chi connectivity index (χ4v) is 2.76. The average molecular weight is 401 g/mol. The summed E-state index contributed by atoms with van der Waals surface area (Å²) in [6.45, 7) is 0.476. The van der Waals surface area contributed by atoms with Gasteiger partial charge >= 0.3 is 0 Å². The molecule has 0 bridgehead atoms. The van der Waals surface area contributed by atoms with E-state index in [1.807, 2.05) is 0 Å². The summed E-state index contributed by atoms with van der Waals surface area (Å²) in [5.41, 5.74) is 0.505. The number of aromatic nitrogens is 7. The van der Waals surface area contributed by atoms with Crippen molar-refractivity contribution in [3.63, 3.8) is 0 Å². The minimum absolute atomic E-state index is 0.0825. The van der Waals surface area contributed by atoms with E-state index in [0.717, 1.165) is 0 Å². The van der Waals surface area contributed by atoms with Crippen molar-refractivity contribution in [1.29, 1.82) is 0 Å². The van der Waals surface area contributed by atoms with Crippen molar-refractivity contribution in [3.05, 3.63) is 77.3 Å². The Morgan fingerprint density at radius 3 is 2.79 bits per heavy atom. The first kappa shape index (κ1) is 17.9. The first-order valence-electron chi connectivity index (χ1n) is 8.23. The van der Waals surface area contributed by atoms with Crippen molar-refractivity contribution in [3.8, 4) is 0 Å². The van der Waals surface area contributed by atoms with E-state index in [9.17, 15) is 9.18 Å². The maximum Gasteiger partial charge on any atom is 0.278 e. The van der Waals surface area contributed by atoms with Crippen LogP contribution in [-0.2, 0) is 13.2 Å². The number of amides is 1. The normalized spacial score (nSPS) is 10.9. The molecule has 3 heterocycles. The number of nitrogens with zero attached hydrogens (tertiary/aromatic N) is 7. The average Bonchev–Trinajstić information content (AvgIpc) is 3.41. The minimum Gasteiger partial charge on any atom is -0.288 e. The molecule has 1 aromatic carbocycles. The molecule has 28 heavy (non-hydrogen) atoms. The number of anilines is 1. The predicted octanol–water partition coefficient (Wildman–Crippen LogP) is 2.27.